The zero-order chi connectivity index (χ0) is 23.8. The molecule has 3 aromatic carbocycles. The van der Waals surface area contributed by atoms with Crippen molar-refractivity contribution in [3.05, 3.63) is 78.4 Å². The van der Waals surface area contributed by atoms with Gasteiger partial charge in [-0.15, -0.1) is 0 Å². The summed E-state index contributed by atoms with van der Waals surface area (Å²) in [6, 6.07) is 21.1. The number of rotatable bonds is 10. The van der Waals surface area contributed by atoms with Gasteiger partial charge >= 0.3 is 0 Å². The van der Waals surface area contributed by atoms with Crippen molar-refractivity contribution in [1.82, 2.24) is 0 Å². The summed E-state index contributed by atoms with van der Waals surface area (Å²) >= 11 is 0. The average molecular weight is 447 g/mol. The minimum absolute atomic E-state index is 0.0297. The highest BCUT2D eigenvalue weighted by atomic mass is 16.2. The van der Waals surface area contributed by atoms with Crippen LogP contribution in [0.4, 0.5) is 5.69 Å². The Balaban J connectivity index is 1.95. The molecule has 0 saturated carbocycles. The molecule has 2 unspecified atom stereocenters. The molecule has 8 nitrogen and oxygen atoms in total. The minimum Gasteiger partial charge on any atom is -0.370 e. The van der Waals surface area contributed by atoms with Gasteiger partial charge in [-0.2, -0.15) is 0 Å². The molecule has 0 fully saturated rings. The van der Waals surface area contributed by atoms with Crippen molar-refractivity contribution >= 4 is 34.2 Å². The van der Waals surface area contributed by atoms with Crippen LogP contribution in [0, 0.1) is 0 Å². The molecule has 0 aromatic heterocycles. The van der Waals surface area contributed by atoms with Gasteiger partial charge in [-0.1, -0.05) is 60.7 Å². The van der Waals surface area contributed by atoms with E-state index in [1.54, 1.807) is 6.07 Å². The van der Waals surface area contributed by atoms with Crippen molar-refractivity contribution in [1.29, 1.82) is 0 Å². The molecule has 172 valence electrons. The maximum atomic E-state index is 13.6. The van der Waals surface area contributed by atoms with E-state index >= 15 is 0 Å². The van der Waals surface area contributed by atoms with Crippen LogP contribution in [-0.4, -0.2) is 36.4 Å². The largest absolute Gasteiger partial charge is 0.370 e. The van der Waals surface area contributed by atoms with Gasteiger partial charge in [0.15, 0.2) is 5.96 Å². The lowest BCUT2D eigenvalue weighted by Gasteiger charge is -2.32. The number of benzene rings is 3. The van der Waals surface area contributed by atoms with Crippen LogP contribution in [0.5, 0.6) is 0 Å². The van der Waals surface area contributed by atoms with E-state index in [0.717, 1.165) is 16.3 Å². The lowest BCUT2D eigenvalue weighted by Crippen LogP contribution is -2.54. The summed E-state index contributed by atoms with van der Waals surface area (Å²) in [5.41, 5.74) is 24.4. The molecule has 0 heterocycles. The lowest BCUT2D eigenvalue weighted by atomic mass is 10.0. The quantitative estimate of drug-likeness (QED) is 0.212. The first-order chi connectivity index (χ1) is 15.9. The Labute approximate surface area is 193 Å². The van der Waals surface area contributed by atoms with Crippen molar-refractivity contribution in [3.8, 4) is 0 Å². The number of carbonyl (C=O) groups excluding carboxylic acids is 2. The highest BCUT2D eigenvalue weighted by molar-refractivity contribution is 6.04. The number of guanidine groups is 1. The maximum absolute atomic E-state index is 13.6. The minimum atomic E-state index is -0.894. The van der Waals surface area contributed by atoms with E-state index in [1.807, 2.05) is 66.7 Å². The molecule has 33 heavy (non-hydrogen) atoms. The Morgan fingerprint density at radius 3 is 2.21 bits per heavy atom. The molecule has 8 heteroatoms. The SMILES string of the molecule is NC(=O)C(CCCN=C(N)N)N(C(=O)C(N)Cc1ccccc1)c1ccc2ccccc2c1. The summed E-state index contributed by atoms with van der Waals surface area (Å²) in [6.07, 6.45) is 1.10. The van der Waals surface area contributed by atoms with Crippen molar-refractivity contribution in [3.63, 3.8) is 0 Å². The van der Waals surface area contributed by atoms with Crippen LogP contribution in [0.15, 0.2) is 77.8 Å². The molecule has 2 amide bonds. The van der Waals surface area contributed by atoms with E-state index < -0.39 is 18.0 Å². The molecule has 0 aliphatic heterocycles. The first-order valence-electron chi connectivity index (χ1n) is 10.8. The second-order valence-corrected chi connectivity index (χ2v) is 7.90. The second-order valence-electron chi connectivity index (χ2n) is 7.90. The van der Waals surface area contributed by atoms with Gasteiger partial charge in [0.05, 0.1) is 6.04 Å². The molecular formula is C25H30N6O2. The lowest BCUT2D eigenvalue weighted by molar-refractivity contribution is -0.125. The number of nitrogens with zero attached hydrogens (tertiary/aromatic N) is 2. The Kier molecular flexibility index (Phi) is 7.99. The van der Waals surface area contributed by atoms with Gasteiger partial charge in [0, 0.05) is 12.2 Å². The summed E-state index contributed by atoms with van der Waals surface area (Å²) in [5.74, 6) is -1.02. The maximum Gasteiger partial charge on any atom is 0.244 e. The van der Waals surface area contributed by atoms with E-state index in [9.17, 15) is 9.59 Å². The number of primary amides is 1. The summed E-state index contributed by atoms with van der Waals surface area (Å²) in [7, 11) is 0. The molecule has 0 aliphatic rings. The van der Waals surface area contributed by atoms with Crippen molar-refractivity contribution in [2.24, 2.45) is 27.9 Å². The zero-order valence-electron chi connectivity index (χ0n) is 18.4. The van der Waals surface area contributed by atoms with Gasteiger partial charge in [-0.05, 0) is 47.7 Å². The van der Waals surface area contributed by atoms with E-state index in [4.69, 9.17) is 22.9 Å². The van der Waals surface area contributed by atoms with Crippen molar-refractivity contribution in [2.75, 3.05) is 11.4 Å². The Hall–Kier alpha value is -3.91. The van der Waals surface area contributed by atoms with Crippen LogP contribution >= 0.6 is 0 Å². The molecule has 0 spiro atoms. The summed E-state index contributed by atoms with van der Waals surface area (Å²) in [4.78, 5) is 31.5. The van der Waals surface area contributed by atoms with Gasteiger partial charge in [0.2, 0.25) is 11.8 Å². The molecule has 8 N–H and O–H groups in total. The van der Waals surface area contributed by atoms with Crippen LogP contribution in [0.3, 0.4) is 0 Å². The molecule has 3 aromatic rings. The fraction of sp³-hybridized carbons (Fsp3) is 0.240. The van der Waals surface area contributed by atoms with E-state index in [2.05, 4.69) is 4.99 Å². The molecular weight excluding hydrogens is 416 g/mol. The van der Waals surface area contributed by atoms with Crippen LogP contribution in [-0.2, 0) is 16.0 Å². The standard InChI is InChI=1S/C25H30N6O2/c26-21(15-17-7-2-1-3-8-17)24(33)31(22(23(27)32)11-6-14-30-25(28)29)20-13-12-18-9-4-5-10-19(18)16-20/h1-5,7-10,12-13,16,21-22H,6,11,14-15,26H2,(H2,27,32)(H4,28,29,30). The third kappa shape index (κ3) is 6.30. The molecule has 0 saturated heterocycles. The van der Waals surface area contributed by atoms with E-state index in [0.29, 0.717) is 31.5 Å². The third-order valence-electron chi connectivity index (χ3n) is 5.43. The predicted octanol–water partition coefficient (Wildman–Crippen LogP) is 1.65. The zero-order valence-corrected chi connectivity index (χ0v) is 18.4. The molecule has 0 aliphatic carbocycles. The smallest absolute Gasteiger partial charge is 0.244 e. The van der Waals surface area contributed by atoms with Crippen molar-refractivity contribution in [2.45, 2.75) is 31.3 Å². The highest BCUT2D eigenvalue weighted by Gasteiger charge is 2.32. The normalized spacial score (nSPS) is 12.6. The Morgan fingerprint density at radius 2 is 1.55 bits per heavy atom. The van der Waals surface area contributed by atoms with Crippen LogP contribution < -0.4 is 27.8 Å². The van der Waals surface area contributed by atoms with Gasteiger partial charge in [-0.25, -0.2) is 0 Å². The fourth-order valence-electron chi connectivity index (χ4n) is 3.81. The van der Waals surface area contributed by atoms with Crippen molar-refractivity contribution < 1.29 is 9.59 Å². The molecule has 0 bridgehead atoms. The first kappa shape index (κ1) is 23.7. The van der Waals surface area contributed by atoms with Gasteiger partial charge in [-0.3, -0.25) is 19.5 Å². The van der Waals surface area contributed by atoms with Gasteiger partial charge in [0.1, 0.15) is 6.04 Å². The number of fused-ring (bicyclic) bond motifs is 1. The van der Waals surface area contributed by atoms with E-state index in [1.165, 1.54) is 4.90 Å². The number of anilines is 1. The van der Waals surface area contributed by atoms with Gasteiger partial charge in [0.25, 0.3) is 0 Å². The fourth-order valence-corrected chi connectivity index (χ4v) is 3.81. The van der Waals surface area contributed by atoms with Crippen LogP contribution in [0.1, 0.15) is 18.4 Å². The number of nitrogens with two attached hydrogens (primary N) is 4. The number of amides is 2. The Bertz CT molecular complexity index is 1130. The summed E-state index contributed by atoms with van der Waals surface area (Å²) < 4.78 is 0. The first-order valence-corrected chi connectivity index (χ1v) is 10.8. The average Bonchev–Trinajstić information content (AvgIpc) is 2.80. The van der Waals surface area contributed by atoms with Crippen LogP contribution in [0.2, 0.25) is 0 Å². The summed E-state index contributed by atoms with van der Waals surface area (Å²) in [5, 5.41) is 1.96. The third-order valence-corrected chi connectivity index (χ3v) is 5.43. The number of carbonyl (C=O) groups is 2. The number of hydrogen-bond donors (Lipinski definition) is 4. The number of aliphatic imine (C=N–C) groups is 1. The second kappa shape index (κ2) is 11.1. The molecule has 2 atom stereocenters. The summed E-state index contributed by atoms with van der Waals surface area (Å²) in [6.45, 7) is 0.321. The molecule has 3 rings (SSSR count). The molecule has 0 radical (unpaired) electrons. The highest BCUT2D eigenvalue weighted by Crippen LogP contribution is 2.26. The van der Waals surface area contributed by atoms with E-state index in [-0.39, 0.29) is 11.9 Å². The number of hydrogen-bond acceptors (Lipinski definition) is 4. The predicted molar refractivity (Wildman–Crippen MR) is 132 cm³/mol. The monoisotopic (exact) mass is 446 g/mol. The Morgan fingerprint density at radius 1 is 0.879 bits per heavy atom. The van der Waals surface area contributed by atoms with Crippen LogP contribution in [0.25, 0.3) is 10.8 Å². The van der Waals surface area contributed by atoms with Gasteiger partial charge < -0.3 is 22.9 Å². The topological polar surface area (TPSA) is 154 Å².